The molecule has 16 rings (SSSR count). The summed E-state index contributed by atoms with van der Waals surface area (Å²) in [6.45, 7) is -0.121. The van der Waals surface area contributed by atoms with Crippen LogP contribution in [0.3, 0.4) is 0 Å². The molecule has 2 aliphatic rings. The molecule has 2 aromatic heterocycles. The Morgan fingerprint density at radius 1 is 0.240 bits per heavy atom. The summed E-state index contributed by atoms with van der Waals surface area (Å²) in [6, 6.07) is 103. The summed E-state index contributed by atoms with van der Waals surface area (Å²) in [5.41, 5.74) is 18.0. The second kappa shape index (κ2) is 16.4. The largest absolute Gasteiger partial charge is 0.310 e. The molecular formula is C72H45BN2. The topological polar surface area (TPSA) is 9.86 Å². The van der Waals surface area contributed by atoms with Crippen molar-refractivity contribution in [2.24, 2.45) is 0 Å². The average molecular weight is 949 g/mol. The molecule has 0 spiro atoms. The molecule has 0 saturated carbocycles. The molecule has 14 aromatic rings. The first-order valence-electron chi connectivity index (χ1n) is 26.1. The molecule has 0 unspecified atom stereocenters. The van der Waals surface area contributed by atoms with Crippen LogP contribution in [0.4, 0.5) is 0 Å². The standard InChI is InChI=1S/C72H45BN2/c1-3-22-46(23-4-1)49-36-19-37-50(47-24-5-2-6-25-47)69(49)48-44-67-70-68(45-48)75-66-43-18-16-35-60(66)56-31-12-8-27-52(56)54-29-10-14-33-58(54)62-39-21-41-64(72(62)75)73(70)63-40-20-38-61-57-32-13-9-28-53(57)51-26-7-11-30-55(51)59-34-15-17-42-65(59)74(67)71(61)63/h1-45H. The van der Waals surface area contributed by atoms with Crippen LogP contribution in [0.2, 0.25) is 0 Å². The number of nitrogens with zero attached hydrogens (tertiary/aromatic N) is 2. The van der Waals surface area contributed by atoms with Crippen LogP contribution in [0.25, 0.3) is 131 Å². The first-order chi connectivity index (χ1) is 37.3. The van der Waals surface area contributed by atoms with E-state index < -0.39 is 0 Å². The van der Waals surface area contributed by atoms with E-state index in [2.05, 4.69) is 282 Å². The molecule has 3 heteroatoms. The van der Waals surface area contributed by atoms with Crippen LogP contribution in [0.1, 0.15) is 0 Å². The predicted molar refractivity (Wildman–Crippen MR) is 321 cm³/mol. The molecular weight excluding hydrogens is 904 g/mol. The molecule has 0 N–H and O–H groups in total. The van der Waals surface area contributed by atoms with Gasteiger partial charge in [-0.3, -0.25) is 0 Å². The molecule has 4 heterocycles. The van der Waals surface area contributed by atoms with Gasteiger partial charge in [-0.15, -0.1) is 0 Å². The zero-order valence-electron chi connectivity index (χ0n) is 41.0. The Balaban J connectivity index is 1.22. The highest BCUT2D eigenvalue weighted by molar-refractivity contribution is 7.00. The van der Waals surface area contributed by atoms with E-state index >= 15 is 0 Å². The quantitative estimate of drug-likeness (QED) is 0.156. The van der Waals surface area contributed by atoms with E-state index in [0.29, 0.717) is 0 Å². The number of fused-ring (bicyclic) bond motifs is 18. The summed E-state index contributed by atoms with van der Waals surface area (Å²) >= 11 is 0. The summed E-state index contributed by atoms with van der Waals surface area (Å²) in [4.78, 5) is 0. The fourth-order valence-corrected chi connectivity index (χ4v) is 13.4. The van der Waals surface area contributed by atoms with Crippen molar-refractivity contribution in [3.63, 3.8) is 0 Å². The van der Waals surface area contributed by atoms with E-state index in [0.717, 1.165) is 16.6 Å². The van der Waals surface area contributed by atoms with Crippen LogP contribution in [0.15, 0.2) is 273 Å². The fraction of sp³-hybridized carbons (Fsp3) is 0. The third-order valence-corrected chi connectivity index (χ3v) is 16.4. The third kappa shape index (κ3) is 6.10. The molecule has 0 bridgehead atoms. The number of hydrogen-bond donors (Lipinski definition) is 0. The molecule has 2 nitrogen and oxygen atoms in total. The molecule has 0 saturated heterocycles. The summed E-state index contributed by atoms with van der Waals surface area (Å²) in [7, 11) is 0. The van der Waals surface area contributed by atoms with E-state index in [1.165, 1.54) is 131 Å². The lowest BCUT2D eigenvalue weighted by molar-refractivity contribution is 1.13. The van der Waals surface area contributed by atoms with E-state index in [4.69, 9.17) is 0 Å². The van der Waals surface area contributed by atoms with Gasteiger partial charge in [0.25, 0.3) is 6.71 Å². The Morgan fingerprint density at radius 3 is 0.947 bits per heavy atom. The molecule has 75 heavy (non-hydrogen) atoms. The fourth-order valence-electron chi connectivity index (χ4n) is 13.4. The molecule has 0 amide bonds. The van der Waals surface area contributed by atoms with Crippen molar-refractivity contribution in [2.45, 2.75) is 0 Å². The maximum absolute atomic E-state index is 2.66. The Morgan fingerprint density at radius 2 is 0.547 bits per heavy atom. The van der Waals surface area contributed by atoms with Crippen molar-refractivity contribution >= 4 is 110 Å². The summed E-state index contributed by atoms with van der Waals surface area (Å²) < 4.78 is 5.32. The molecule has 0 aliphatic carbocycles. The van der Waals surface area contributed by atoms with Crippen LogP contribution < -0.4 is 16.4 Å². The summed E-state index contributed by atoms with van der Waals surface area (Å²) in [5.74, 6) is 0. The van der Waals surface area contributed by atoms with Gasteiger partial charge in [0.15, 0.2) is 0 Å². The van der Waals surface area contributed by atoms with Crippen molar-refractivity contribution in [1.29, 1.82) is 0 Å². The van der Waals surface area contributed by atoms with Gasteiger partial charge in [0.1, 0.15) is 0 Å². The lowest BCUT2D eigenvalue weighted by Gasteiger charge is -2.36. The van der Waals surface area contributed by atoms with Crippen LogP contribution in [-0.4, -0.2) is 15.8 Å². The number of aromatic nitrogens is 2. The van der Waals surface area contributed by atoms with Crippen LogP contribution in [0, 0.1) is 0 Å². The van der Waals surface area contributed by atoms with Gasteiger partial charge in [-0.2, -0.15) is 0 Å². The monoisotopic (exact) mass is 948 g/mol. The maximum atomic E-state index is 2.66. The molecule has 12 aromatic carbocycles. The maximum Gasteiger partial charge on any atom is 0.252 e. The summed E-state index contributed by atoms with van der Waals surface area (Å²) in [6.07, 6.45) is 0. The van der Waals surface area contributed by atoms with Gasteiger partial charge in [0.2, 0.25) is 0 Å². The Hall–Kier alpha value is -9.70. The Labute approximate surface area is 434 Å². The highest BCUT2D eigenvalue weighted by atomic mass is 15.0. The number of benzene rings is 12. The first kappa shape index (κ1) is 41.9. The van der Waals surface area contributed by atoms with Gasteiger partial charge < -0.3 is 9.13 Å². The summed E-state index contributed by atoms with van der Waals surface area (Å²) in [5, 5.41) is 14.6. The minimum atomic E-state index is -0.121. The van der Waals surface area contributed by atoms with E-state index in [-0.39, 0.29) is 6.71 Å². The average Bonchev–Trinajstić information content (AvgIpc) is 3.59. The van der Waals surface area contributed by atoms with Gasteiger partial charge in [-0.1, -0.05) is 249 Å². The van der Waals surface area contributed by atoms with E-state index in [1.807, 2.05) is 0 Å². The molecule has 0 radical (unpaired) electrons. The molecule has 2 aliphatic heterocycles. The van der Waals surface area contributed by atoms with Gasteiger partial charge in [-0.25, -0.2) is 0 Å². The molecule has 0 atom stereocenters. The van der Waals surface area contributed by atoms with Crippen molar-refractivity contribution in [1.82, 2.24) is 9.13 Å². The second-order valence-electron chi connectivity index (χ2n) is 20.2. The van der Waals surface area contributed by atoms with Gasteiger partial charge in [0.05, 0.1) is 11.0 Å². The smallest absolute Gasteiger partial charge is 0.252 e. The first-order valence-corrected chi connectivity index (χ1v) is 26.1. The minimum Gasteiger partial charge on any atom is -0.310 e. The van der Waals surface area contributed by atoms with Gasteiger partial charge in [0, 0.05) is 44.0 Å². The third-order valence-electron chi connectivity index (χ3n) is 16.4. The lowest BCUT2D eigenvalue weighted by atomic mass is 9.34. The van der Waals surface area contributed by atoms with Crippen molar-refractivity contribution in [3.05, 3.63) is 273 Å². The van der Waals surface area contributed by atoms with Crippen molar-refractivity contribution in [2.75, 3.05) is 0 Å². The normalized spacial score (nSPS) is 12.2. The van der Waals surface area contributed by atoms with Crippen LogP contribution in [0.5, 0.6) is 0 Å². The van der Waals surface area contributed by atoms with E-state index in [9.17, 15) is 0 Å². The second-order valence-corrected chi connectivity index (χ2v) is 20.2. The highest BCUT2D eigenvalue weighted by Gasteiger charge is 2.40. The van der Waals surface area contributed by atoms with Crippen molar-refractivity contribution < 1.29 is 0 Å². The van der Waals surface area contributed by atoms with Crippen LogP contribution >= 0.6 is 0 Å². The predicted octanol–water partition coefficient (Wildman–Crippen LogP) is 16.9. The number of para-hydroxylation sites is 4. The lowest BCUT2D eigenvalue weighted by Crippen LogP contribution is -2.59. The number of rotatable bonds is 3. The zero-order valence-corrected chi connectivity index (χ0v) is 41.0. The van der Waals surface area contributed by atoms with Gasteiger partial charge in [-0.05, 0) is 117 Å². The minimum absolute atomic E-state index is 0.121. The van der Waals surface area contributed by atoms with Crippen molar-refractivity contribution in [3.8, 4) is 44.8 Å². The molecule has 346 valence electrons. The zero-order chi connectivity index (χ0) is 49.1. The van der Waals surface area contributed by atoms with Gasteiger partial charge >= 0.3 is 0 Å². The number of hydrogen-bond acceptors (Lipinski definition) is 0. The molecule has 0 fully saturated rings. The highest BCUT2D eigenvalue weighted by Crippen LogP contribution is 2.45. The SMILES string of the molecule is c1ccc(-c2cccc(-c3ccccc3)c2-c2cc3c4c(c2)-n2c5ccccc5c5ccccc5c5ccccc5c5cccc(c52)B4c2cccc4c5ccccc5c5ccccc5c5ccccc5n-3c24)cc1. The van der Waals surface area contributed by atoms with E-state index in [1.54, 1.807) is 0 Å². The Bertz CT molecular complexity index is 4590. The Kier molecular flexibility index (Phi) is 9.16. The van der Waals surface area contributed by atoms with Crippen LogP contribution in [-0.2, 0) is 0 Å².